The third kappa shape index (κ3) is 3.12. The van der Waals surface area contributed by atoms with Gasteiger partial charge in [0.25, 0.3) is 0 Å². The molecule has 1 aromatic heterocycles. The van der Waals surface area contributed by atoms with Crippen molar-refractivity contribution in [1.82, 2.24) is 4.98 Å². The summed E-state index contributed by atoms with van der Waals surface area (Å²) in [5.74, 6) is 0.0455. The maximum atomic E-state index is 11.6. The van der Waals surface area contributed by atoms with E-state index in [0.29, 0.717) is 23.5 Å². The highest BCUT2D eigenvalue weighted by Crippen LogP contribution is 2.14. The first-order valence-corrected chi connectivity index (χ1v) is 6.01. The zero-order chi connectivity index (χ0) is 14.4. The number of rotatable bonds is 4. The van der Waals surface area contributed by atoms with Crippen LogP contribution in [0.2, 0.25) is 0 Å². The second-order valence-corrected chi connectivity index (χ2v) is 4.05. The van der Waals surface area contributed by atoms with Crippen molar-refractivity contribution >= 4 is 11.8 Å². The highest BCUT2D eigenvalue weighted by Gasteiger charge is 2.11. The summed E-state index contributed by atoms with van der Waals surface area (Å²) in [7, 11) is 1.33. The molecule has 1 aromatic carbocycles. The van der Waals surface area contributed by atoms with Gasteiger partial charge in [-0.2, -0.15) is 5.26 Å². The standard InChI is InChI=1S/C15H13N3O2/c1-20-15(19)13-3-2-8-17-14(13)18-10-12-6-4-11(9-16)5-7-12/h2-8H,10H2,1H3,(H,17,18). The summed E-state index contributed by atoms with van der Waals surface area (Å²) >= 11 is 0. The van der Waals surface area contributed by atoms with Crippen LogP contribution >= 0.6 is 0 Å². The fourth-order valence-corrected chi connectivity index (χ4v) is 1.70. The van der Waals surface area contributed by atoms with Gasteiger partial charge in [-0.3, -0.25) is 0 Å². The Balaban J connectivity index is 2.10. The van der Waals surface area contributed by atoms with E-state index in [0.717, 1.165) is 5.56 Å². The van der Waals surface area contributed by atoms with E-state index in [2.05, 4.69) is 16.4 Å². The van der Waals surface area contributed by atoms with E-state index < -0.39 is 5.97 Å². The first kappa shape index (κ1) is 13.6. The summed E-state index contributed by atoms with van der Waals surface area (Å²) in [4.78, 5) is 15.7. The number of hydrogen-bond donors (Lipinski definition) is 1. The quantitative estimate of drug-likeness (QED) is 0.861. The molecule has 0 unspecified atom stereocenters. The molecule has 2 rings (SSSR count). The van der Waals surface area contributed by atoms with Crippen LogP contribution in [0.3, 0.4) is 0 Å². The molecule has 0 bridgehead atoms. The number of pyridine rings is 1. The molecular weight excluding hydrogens is 254 g/mol. The summed E-state index contributed by atoms with van der Waals surface area (Å²) in [5.41, 5.74) is 2.00. The average Bonchev–Trinajstić information content (AvgIpc) is 2.53. The van der Waals surface area contributed by atoms with Crippen LogP contribution in [0, 0.1) is 11.3 Å². The van der Waals surface area contributed by atoms with Crippen LogP contribution in [0.15, 0.2) is 42.6 Å². The van der Waals surface area contributed by atoms with Gasteiger partial charge in [-0.1, -0.05) is 12.1 Å². The number of esters is 1. The molecule has 2 aromatic rings. The monoisotopic (exact) mass is 267 g/mol. The Labute approximate surface area is 116 Å². The van der Waals surface area contributed by atoms with Crippen LogP contribution in [0.4, 0.5) is 5.82 Å². The Morgan fingerprint density at radius 2 is 2.10 bits per heavy atom. The first-order chi connectivity index (χ1) is 9.74. The fourth-order valence-electron chi connectivity index (χ4n) is 1.70. The first-order valence-electron chi connectivity index (χ1n) is 6.01. The molecule has 0 radical (unpaired) electrons. The number of methoxy groups -OCH3 is 1. The molecule has 0 aliphatic heterocycles. The van der Waals surface area contributed by atoms with Crippen LogP contribution in [0.5, 0.6) is 0 Å². The topological polar surface area (TPSA) is 75.0 Å². The van der Waals surface area contributed by atoms with Gasteiger partial charge in [-0.05, 0) is 29.8 Å². The summed E-state index contributed by atoms with van der Waals surface area (Å²) in [5, 5.41) is 11.8. The predicted octanol–water partition coefficient (Wildman–Crippen LogP) is 2.35. The Hall–Kier alpha value is -2.87. The van der Waals surface area contributed by atoms with Gasteiger partial charge in [0.2, 0.25) is 0 Å². The van der Waals surface area contributed by atoms with E-state index in [-0.39, 0.29) is 0 Å². The Bertz CT molecular complexity index is 645. The number of ether oxygens (including phenoxy) is 1. The smallest absolute Gasteiger partial charge is 0.341 e. The van der Waals surface area contributed by atoms with Crippen LogP contribution < -0.4 is 5.32 Å². The minimum absolute atomic E-state index is 0.392. The third-order valence-corrected chi connectivity index (χ3v) is 2.76. The Morgan fingerprint density at radius 3 is 2.75 bits per heavy atom. The maximum Gasteiger partial charge on any atom is 0.341 e. The van der Waals surface area contributed by atoms with Crippen molar-refractivity contribution in [3.63, 3.8) is 0 Å². The van der Waals surface area contributed by atoms with Crippen LogP contribution in [0.1, 0.15) is 21.5 Å². The number of anilines is 1. The highest BCUT2D eigenvalue weighted by atomic mass is 16.5. The lowest BCUT2D eigenvalue weighted by Crippen LogP contribution is -2.09. The predicted molar refractivity (Wildman–Crippen MR) is 74.1 cm³/mol. The molecule has 100 valence electrons. The molecule has 1 heterocycles. The van der Waals surface area contributed by atoms with Crippen molar-refractivity contribution in [2.75, 3.05) is 12.4 Å². The van der Waals surface area contributed by atoms with Crippen molar-refractivity contribution < 1.29 is 9.53 Å². The number of nitrogens with one attached hydrogen (secondary N) is 1. The second kappa shape index (κ2) is 6.34. The van der Waals surface area contributed by atoms with E-state index in [9.17, 15) is 4.79 Å². The van der Waals surface area contributed by atoms with Crippen molar-refractivity contribution in [3.8, 4) is 6.07 Å². The minimum Gasteiger partial charge on any atom is -0.465 e. The average molecular weight is 267 g/mol. The highest BCUT2D eigenvalue weighted by molar-refractivity contribution is 5.94. The van der Waals surface area contributed by atoms with E-state index >= 15 is 0 Å². The molecule has 5 nitrogen and oxygen atoms in total. The molecule has 1 N–H and O–H groups in total. The maximum absolute atomic E-state index is 11.6. The van der Waals surface area contributed by atoms with E-state index in [1.54, 1.807) is 30.5 Å². The zero-order valence-corrected chi connectivity index (χ0v) is 11.0. The summed E-state index contributed by atoms with van der Waals surface area (Å²) < 4.78 is 4.70. The van der Waals surface area contributed by atoms with Gasteiger partial charge in [0.15, 0.2) is 0 Å². The lowest BCUT2D eigenvalue weighted by Gasteiger charge is -2.09. The number of aromatic nitrogens is 1. The molecule has 0 aliphatic carbocycles. The lowest BCUT2D eigenvalue weighted by atomic mass is 10.1. The van der Waals surface area contributed by atoms with Crippen molar-refractivity contribution in [2.24, 2.45) is 0 Å². The van der Waals surface area contributed by atoms with Crippen LogP contribution in [0.25, 0.3) is 0 Å². The van der Waals surface area contributed by atoms with Gasteiger partial charge in [0.05, 0.1) is 18.7 Å². The molecule has 0 fully saturated rings. The van der Waals surface area contributed by atoms with E-state index in [4.69, 9.17) is 10.00 Å². The number of hydrogen-bond acceptors (Lipinski definition) is 5. The Kier molecular flexibility index (Phi) is 4.30. The fraction of sp³-hybridized carbons (Fsp3) is 0.133. The van der Waals surface area contributed by atoms with Crippen molar-refractivity contribution in [2.45, 2.75) is 6.54 Å². The molecular formula is C15H13N3O2. The zero-order valence-electron chi connectivity index (χ0n) is 11.0. The molecule has 0 atom stereocenters. The Morgan fingerprint density at radius 1 is 1.35 bits per heavy atom. The number of nitriles is 1. The SMILES string of the molecule is COC(=O)c1cccnc1NCc1ccc(C#N)cc1. The molecule has 20 heavy (non-hydrogen) atoms. The van der Waals surface area contributed by atoms with Crippen molar-refractivity contribution in [3.05, 3.63) is 59.3 Å². The second-order valence-electron chi connectivity index (χ2n) is 4.05. The van der Waals surface area contributed by atoms with Gasteiger partial charge in [0, 0.05) is 12.7 Å². The van der Waals surface area contributed by atoms with Gasteiger partial charge in [-0.15, -0.1) is 0 Å². The van der Waals surface area contributed by atoms with Gasteiger partial charge < -0.3 is 10.1 Å². The summed E-state index contributed by atoms with van der Waals surface area (Å²) in [6, 6.07) is 12.6. The van der Waals surface area contributed by atoms with E-state index in [1.165, 1.54) is 7.11 Å². The largest absolute Gasteiger partial charge is 0.465 e. The lowest BCUT2D eigenvalue weighted by molar-refractivity contribution is 0.0601. The number of benzene rings is 1. The van der Waals surface area contributed by atoms with Gasteiger partial charge in [-0.25, -0.2) is 9.78 Å². The summed E-state index contributed by atoms with van der Waals surface area (Å²) in [6.45, 7) is 0.507. The van der Waals surface area contributed by atoms with Crippen LogP contribution in [-0.4, -0.2) is 18.1 Å². The number of carbonyl (C=O) groups is 1. The molecule has 0 aliphatic rings. The molecule has 5 heteroatoms. The normalized spacial score (nSPS) is 9.60. The molecule has 0 spiro atoms. The molecule has 0 amide bonds. The summed E-state index contributed by atoms with van der Waals surface area (Å²) in [6.07, 6.45) is 1.60. The minimum atomic E-state index is -0.430. The third-order valence-electron chi connectivity index (χ3n) is 2.76. The number of carbonyl (C=O) groups excluding carboxylic acids is 1. The van der Waals surface area contributed by atoms with Gasteiger partial charge >= 0.3 is 5.97 Å². The van der Waals surface area contributed by atoms with Crippen LogP contribution in [-0.2, 0) is 11.3 Å². The molecule has 0 saturated carbocycles. The van der Waals surface area contributed by atoms with Crippen molar-refractivity contribution in [1.29, 1.82) is 5.26 Å². The number of nitrogens with zero attached hydrogens (tertiary/aromatic N) is 2. The van der Waals surface area contributed by atoms with Gasteiger partial charge in [0.1, 0.15) is 11.4 Å². The van der Waals surface area contributed by atoms with E-state index in [1.807, 2.05) is 12.1 Å². The molecule has 0 saturated heterocycles.